The van der Waals surface area contributed by atoms with Gasteiger partial charge in [-0.2, -0.15) is 13.0 Å². The van der Waals surface area contributed by atoms with Crippen molar-refractivity contribution in [3.8, 4) is 5.75 Å². The number of rotatable bonds is 2. The van der Waals surface area contributed by atoms with Crippen LogP contribution in [-0.2, 0) is 9.68 Å². The van der Waals surface area contributed by atoms with Gasteiger partial charge in [0.05, 0.1) is 5.75 Å². The molecule has 0 amide bonds. The van der Waals surface area contributed by atoms with Crippen molar-refractivity contribution >= 4 is 5.97 Å². The Morgan fingerprint density at radius 2 is 2.07 bits per heavy atom. The molecule has 0 atom stereocenters. The Balaban J connectivity index is 0.00000169. The summed E-state index contributed by atoms with van der Waals surface area (Å²) in [7, 11) is 0. The van der Waals surface area contributed by atoms with Gasteiger partial charge in [-0.25, -0.2) is 4.79 Å². The molecule has 0 aromatic heterocycles. The van der Waals surface area contributed by atoms with Gasteiger partial charge >= 0.3 is 24.8 Å². The van der Waals surface area contributed by atoms with Crippen LogP contribution in [0.3, 0.4) is 0 Å². The topological polar surface area (TPSA) is 35.5 Å². The molecule has 1 rings (SSSR count). The maximum absolute atomic E-state index is 10.4. The molecule has 1 aromatic rings. The van der Waals surface area contributed by atoms with E-state index >= 15 is 0 Å². The van der Waals surface area contributed by atoms with Gasteiger partial charge in [-0.3, -0.25) is 4.89 Å². The number of carbonyl (C=O) groups excluding carboxylic acids is 1. The molecule has 0 aliphatic heterocycles. The molecule has 0 unspecified atom stereocenters. The first-order valence-electron chi connectivity index (χ1n) is 3.87. The normalized spacial score (nSPS) is 8.71. The molecule has 0 saturated carbocycles. The fraction of sp³-hybridized carbons (Fsp3) is 0.200. The van der Waals surface area contributed by atoms with Gasteiger partial charge in [0.1, 0.15) is 0 Å². The minimum atomic E-state index is -0.486. The first-order valence-corrected chi connectivity index (χ1v) is 3.87. The van der Waals surface area contributed by atoms with Crippen LogP contribution >= 0.6 is 0 Å². The average molecular weight is 186 g/mol. The molecule has 3 nitrogen and oxygen atoms in total. The van der Waals surface area contributed by atoms with Gasteiger partial charge in [-0.05, 0) is 0 Å². The summed E-state index contributed by atoms with van der Waals surface area (Å²) in [5, 5.41) is 0. The van der Waals surface area contributed by atoms with Gasteiger partial charge in [-0.1, -0.05) is 19.1 Å². The summed E-state index contributed by atoms with van der Waals surface area (Å²) >= 11 is 0. The Morgan fingerprint density at radius 3 is 2.57 bits per heavy atom. The Hall–Kier alpha value is -1.04. The Morgan fingerprint density at radius 1 is 1.43 bits per heavy atom. The third-order valence-electron chi connectivity index (χ3n) is 1.46. The second kappa shape index (κ2) is 5.64. The molecule has 0 bridgehead atoms. The van der Waals surface area contributed by atoms with Crippen LogP contribution in [0.4, 0.5) is 0 Å². The van der Waals surface area contributed by atoms with Crippen molar-refractivity contribution in [1.82, 2.24) is 0 Å². The van der Waals surface area contributed by atoms with Crippen LogP contribution in [-0.4, -0.2) is 5.97 Å². The monoisotopic (exact) mass is 186 g/mol. The molecule has 0 radical (unpaired) electrons. The SMILES string of the molecule is [CH2-]c1cc(C)ccc1OOC(C)=O.[Li+]. The molecule has 1 aromatic carbocycles. The van der Waals surface area contributed by atoms with Crippen molar-refractivity contribution in [3.05, 3.63) is 36.2 Å². The van der Waals surface area contributed by atoms with Crippen LogP contribution in [0.15, 0.2) is 18.2 Å². The molecule has 14 heavy (non-hydrogen) atoms. The fourth-order valence-electron chi connectivity index (χ4n) is 0.893. The Labute approximate surface area is 95.5 Å². The van der Waals surface area contributed by atoms with Crippen LogP contribution in [0.1, 0.15) is 18.1 Å². The zero-order valence-corrected chi connectivity index (χ0v) is 8.66. The molecule has 0 N–H and O–H groups in total. The summed E-state index contributed by atoms with van der Waals surface area (Å²) in [6.45, 7) is 6.97. The number of carbonyl (C=O) groups is 1. The quantitative estimate of drug-likeness (QED) is 0.258. The van der Waals surface area contributed by atoms with Crippen molar-refractivity contribution in [2.75, 3.05) is 0 Å². The van der Waals surface area contributed by atoms with Crippen LogP contribution in [0.2, 0.25) is 0 Å². The van der Waals surface area contributed by atoms with Gasteiger partial charge in [0.15, 0.2) is 0 Å². The number of aryl methyl sites for hydroxylation is 1. The summed E-state index contributed by atoms with van der Waals surface area (Å²) in [5.41, 5.74) is 1.78. The molecular weight excluding hydrogens is 175 g/mol. The van der Waals surface area contributed by atoms with E-state index in [1.807, 2.05) is 19.1 Å². The summed E-state index contributed by atoms with van der Waals surface area (Å²) in [6.07, 6.45) is 0. The molecule has 0 spiro atoms. The first kappa shape index (κ1) is 13.0. The number of hydrogen-bond acceptors (Lipinski definition) is 3. The van der Waals surface area contributed by atoms with E-state index < -0.39 is 5.97 Å². The maximum Gasteiger partial charge on any atom is 1.00 e. The smallest absolute Gasteiger partial charge is 0.350 e. The van der Waals surface area contributed by atoms with Crippen molar-refractivity contribution in [3.63, 3.8) is 0 Å². The third-order valence-corrected chi connectivity index (χ3v) is 1.46. The predicted molar refractivity (Wildman–Crippen MR) is 48.0 cm³/mol. The fourth-order valence-corrected chi connectivity index (χ4v) is 0.893. The van der Waals surface area contributed by atoms with Gasteiger partial charge in [0.25, 0.3) is 0 Å². The summed E-state index contributed by atoms with van der Waals surface area (Å²) < 4.78 is 0. The zero-order valence-electron chi connectivity index (χ0n) is 8.66. The molecule has 0 fully saturated rings. The number of benzene rings is 1. The van der Waals surface area contributed by atoms with E-state index in [1.54, 1.807) is 6.07 Å². The maximum atomic E-state index is 10.4. The van der Waals surface area contributed by atoms with E-state index in [0.717, 1.165) is 5.56 Å². The van der Waals surface area contributed by atoms with Crippen molar-refractivity contribution in [2.24, 2.45) is 0 Å². The van der Waals surface area contributed by atoms with Crippen LogP contribution in [0.25, 0.3) is 0 Å². The Bertz CT molecular complexity index is 323. The van der Waals surface area contributed by atoms with E-state index in [2.05, 4.69) is 11.8 Å². The second-order valence-corrected chi connectivity index (χ2v) is 2.77. The predicted octanol–water partition coefficient (Wildman–Crippen LogP) is -0.962. The largest absolute Gasteiger partial charge is 1.00 e. The van der Waals surface area contributed by atoms with Gasteiger partial charge < -0.3 is 4.89 Å². The molecular formula is C10H11LiO3. The first-order chi connectivity index (χ1) is 6.09. The van der Waals surface area contributed by atoms with Crippen LogP contribution < -0.4 is 23.7 Å². The minimum absolute atomic E-state index is 0. The standard InChI is InChI=1S/C10H11O3.Li/c1-7-4-5-10(8(2)6-7)13-12-9(3)11;/h4-6H,2H2,1,3H3;/q-1;+1. The van der Waals surface area contributed by atoms with Crippen molar-refractivity contribution in [2.45, 2.75) is 13.8 Å². The molecule has 70 valence electrons. The van der Waals surface area contributed by atoms with Gasteiger partial charge in [-0.15, -0.1) is 11.1 Å². The molecule has 0 saturated heterocycles. The minimum Gasteiger partial charge on any atom is -0.350 e. The van der Waals surface area contributed by atoms with Crippen molar-refractivity contribution < 1.29 is 33.4 Å². The van der Waals surface area contributed by atoms with Gasteiger partial charge in [0.2, 0.25) is 0 Å². The average Bonchev–Trinajstić information content (AvgIpc) is 2.02. The van der Waals surface area contributed by atoms with E-state index in [1.165, 1.54) is 6.92 Å². The molecule has 0 heterocycles. The summed E-state index contributed by atoms with van der Waals surface area (Å²) in [5.74, 6) is -0.0271. The molecule has 0 aliphatic carbocycles. The van der Waals surface area contributed by atoms with E-state index in [-0.39, 0.29) is 18.9 Å². The summed E-state index contributed by atoms with van der Waals surface area (Å²) in [4.78, 5) is 19.5. The molecule has 4 heteroatoms. The third kappa shape index (κ3) is 3.78. The van der Waals surface area contributed by atoms with E-state index in [0.29, 0.717) is 11.3 Å². The zero-order chi connectivity index (χ0) is 9.84. The van der Waals surface area contributed by atoms with Crippen molar-refractivity contribution in [1.29, 1.82) is 0 Å². The summed E-state index contributed by atoms with van der Waals surface area (Å²) in [6, 6.07) is 5.41. The number of hydrogen-bond donors (Lipinski definition) is 0. The van der Waals surface area contributed by atoms with Crippen LogP contribution in [0.5, 0.6) is 5.75 Å². The van der Waals surface area contributed by atoms with E-state index in [9.17, 15) is 4.79 Å². The van der Waals surface area contributed by atoms with Gasteiger partial charge in [0, 0.05) is 6.92 Å². The second-order valence-electron chi connectivity index (χ2n) is 2.77. The molecule has 0 aliphatic rings. The Kier molecular flexibility index (Phi) is 5.22. The van der Waals surface area contributed by atoms with Crippen LogP contribution in [0, 0.1) is 13.8 Å². The van der Waals surface area contributed by atoms with E-state index in [4.69, 9.17) is 4.89 Å².